The first-order valence-corrected chi connectivity index (χ1v) is 9.34. The van der Waals surface area contributed by atoms with Crippen LogP contribution in [0.5, 0.6) is 0 Å². The van der Waals surface area contributed by atoms with Crippen LogP contribution in [-0.2, 0) is 25.5 Å². The first-order valence-electron chi connectivity index (χ1n) is 9.34. The summed E-state index contributed by atoms with van der Waals surface area (Å²) in [6.45, 7) is 9.58. The summed E-state index contributed by atoms with van der Waals surface area (Å²) in [7, 11) is 0. The Bertz CT molecular complexity index is 631. The van der Waals surface area contributed by atoms with Crippen LogP contribution in [-0.4, -0.2) is 42.2 Å². The highest BCUT2D eigenvalue weighted by Gasteiger charge is 2.25. The second-order valence-corrected chi connectivity index (χ2v) is 7.73. The van der Waals surface area contributed by atoms with E-state index < -0.39 is 5.60 Å². The lowest BCUT2D eigenvalue weighted by Crippen LogP contribution is -2.37. The third-order valence-electron chi connectivity index (χ3n) is 4.19. The van der Waals surface area contributed by atoms with Crippen LogP contribution in [0.1, 0.15) is 52.7 Å². The van der Waals surface area contributed by atoms with Crippen molar-refractivity contribution < 1.29 is 19.1 Å². The molecule has 0 saturated carbocycles. The first kappa shape index (κ1) is 23.3. The number of rotatable bonds is 6. The molecule has 0 amide bonds. The molecule has 1 aliphatic heterocycles. The Morgan fingerprint density at radius 2 is 2.04 bits per heavy atom. The van der Waals surface area contributed by atoms with Crippen LogP contribution in [0.25, 0.3) is 0 Å². The predicted molar refractivity (Wildman–Crippen MR) is 110 cm³/mol. The number of aromatic nitrogens is 1. The molecule has 1 saturated heterocycles. The summed E-state index contributed by atoms with van der Waals surface area (Å²) in [6.07, 6.45) is 4.40. The number of carbonyl (C=O) groups is 2. The Labute approximate surface area is 169 Å². The Hall–Kier alpha value is -1.76. The zero-order valence-corrected chi connectivity index (χ0v) is 17.8. The minimum atomic E-state index is -0.446. The number of esters is 2. The quantitative estimate of drug-likeness (QED) is 0.688. The van der Waals surface area contributed by atoms with Gasteiger partial charge in [-0.2, -0.15) is 13.5 Å². The second kappa shape index (κ2) is 10.5. The van der Waals surface area contributed by atoms with E-state index in [1.807, 2.05) is 32.9 Å². The van der Waals surface area contributed by atoms with E-state index in [4.69, 9.17) is 9.47 Å². The summed E-state index contributed by atoms with van der Waals surface area (Å²) < 4.78 is 10.4. The molecular formula is C20H32N2O4S. The van der Waals surface area contributed by atoms with Gasteiger partial charge >= 0.3 is 11.9 Å². The van der Waals surface area contributed by atoms with Crippen molar-refractivity contribution in [2.24, 2.45) is 5.92 Å². The number of nitrogens with zero attached hydrogens (tertiary/aromatic N) is 2. The van der Waals surface area contributed by atoms with Gasteiger partial charge in [0.15, 0.2) is 0 Å². The third-order valence-corrected chi connectivity index (χ3v) is 4.19. The van der Waals surface area contributed by atoms with E-state index in [-0.39, 0.29) is 37.8 Å². The maximum absolute atomic E-state index is 12.1. The molecular weight excluding hydrogens is 364 g/mol. The van der Waals surface area contributed by atoms with E-state index in [1.165, 1.54) is 0 Å². The van der Waals surface area contributed by atoms with Gasteiger partial charge < -0.3 is 14.4 Å². The number of carbonyl (C=O) groups excluding carboxylic acids is 2. The molecule has 0 aromatic carbocycles. The molecule has 0 radical (unpaired) electrons. The van der Waals surface area contributed by atoms with Crippen molar-refractivity contribution in [3.8, 4) is 0 Å². The van der Waals surface area contributed by atoms with Crippen LogP contribution >= 0.6 is 13.5 Å². The number of hydrogen-bond acceptors (Lipinski definition) is 6. The highest BCUT2D eigenvalue weighted by atomic mass is 32.1. The highest BCUT2D eigenvalue weighted by Crippen LogP contribution is 2.26. The SMILES string of the molecule is CCOC(=O)Cc1cc(N2CCC[C@@H](CC(=O)OC(C)(C)C)C2)ccn1.S. The van der Waals surface area contributed by atoms with Crippen LogP contribution in [0.4, 0.5) is 5.69 Å². The normalized spacial score (nSPS) is 17.0. The standard InChI is InChI=1S/C20H30N2O4.H2S/c1-5-25-18(23)13-16-12-17(8-9-21-16)22-10-6-7-15(14-22)11-19(24)26-20(2,3)4;/h8-9,12,15H,5-7,10-11,13-14H2,1-4H3;1H2/t15-;/m0./s1. The Kier molecular flexibility index (Phi) is 9.09. The zero-order chi connectivity index (χ0) is 19.2. The van der Waals surface area contributed by atoms with Crippen molar-refractivity contribution in [3.05, 3.63) is 24.0 Å². The van der Waals surface area contributed by atoms with E-state index in [1.54, 1.807) is 13.1 Å². The number of hydrogen-bond donors (Lipinski definition) is 0. The van der Waals surface area contributed by atoms with E-state index >= 15 is 0 Å². The molecule has 7 heteroatoms. The number of ether oxygens (including phenoxy) is 2. The van der Waals surface area contributed by atoms with Crippen molar-refractivity contribution in [2.45, 2.75) is 59.0 Å². The molecule has 6 nitrogen and oxygen atoms in total. The molecule has 0 spiro atoms. The van der Waals surface area contributed by atoms with Crippen molar-refractivity contribution in [3.63, 3.8) is 0 Å². The number of pyridine rings is 1. The molecule has 1 aliphatic rings. The Morgan fingerprint density at radius 3 is 2.70 bits per heavy atom. The van der Waals surface area contributed by atoms with E-state index in [9.17, 15) is 9.59 Å². The monoisotopic (exact) mass is 396 g/mol. The lowest BCUT2D eigenvalue weighted by atomic mass is 9.94. The van der Waals surface area contributed by atoms with Gasteiger partial charge in [-0.1, -0.05) is 0 Å². The van der Waals surface area contributed by atoms with Crippen LogP contribution in [0, 0.1) is 5.92 Å². The Balaban J connectivity index is 0.00000364. The lowest BCUT2D eigenvalue weighted by Gasteiger charge is -2.34. The van der Waals surface area contributed by atoms with Crippen molar-refractivity contribution >= 4 is 31.1 Å². The molecule has 0 aliphatic carbocycles. The molecule has 2 heterocycles. The maximum atomic E-state index is 12.1. The molecule has 0 N–H and O–H groups in total. The number of anilines is 1. The average molecular weight is 397 g/mol. The first-order chi connectivity index (χ1) is 12.3. The van der Waals surface area contributed by atoms with Gasteiger partial charge in [0.05, 0.1) is 25.1 Å². The smallest absolute Gasteiger partial charge is 0.311 e. The topological polar surface area (TPSA) is 68.7 Å². The molecule has 1 aromatic rings. The fourth-order valence-corrected chi connectivity index (χ4v) is 3.20. The summed E-state index contributed by atoms with van der Waals surface area (Å²) in [5.74, 6) is -0.124. The van der Waals surface area contributed by atoms with Crippen molar-refractivity contribution in [2.75, 3.05) is 24.6 Å². The van der Waals surface area contributed by atoms with Crippen molar-refractivity contribution in [1.29, 1.82) is 0 Å². The second-order valence-electron chi connectivity index (χ2n) is 7.73. The predicted octanol–water partition coefficient (Wildman–Crippen LogP) is 3.25. The molecule has 2 rings (SSSR count). The van der Waals surface area contributed by atoms with Crippen LogP contribution in [0.3, 0.4) is 0 Å². The zero-order valence-electron chi connectivity index (χ0n) is 16.8. The summed E-state index contributed by atoms with van der Waals surface area (Å²) in [4.78, 5) is 30.3. The van der Waals surface area contributed by atoms with Crippen LogP contribution in [0.2, 0.25) is 0 Å². The summed E-state index contributed by atoms with van der Waals surface area (Å²) in [5, 5.41) is 0. The Morgan fingerprint density at radius 1 is 1.30 bits per heavy atom. The van der Waals surface area contributed by atoms with Gasteiger partial charge in [0, 0.05) is 25.0 Å². The van der Waals surface area contributed by atoms with E-state index in [0.29, 0.717) is 18.7 Å². The van der Waals surface area contributed by atoms with Crippen LogP contribution < -0.4 is 4.90 Å². The highest BCUT2D eigenvalue weighted by molar-refractivity contribution is 7.59. The van der Waals surface area contributed by atoms with Gasteiger partial charge in [-0.3, -0.25) is 14.6 Å². The summed E-state index contributed by atoms with van der Waals surface area (Å²) in [5.41, 5.74) is 1.29. The molecule has 0 bridgehead atoms. The van der Waals surface area contributed by atoms with Gasteiger partial charge in [0.1, 0.15) is 5.60 Å². The summed E-state index contributed by atoms with van der Waals surface area (Å²) >= 11 is 0. The molecule has 1 atom stereocenters. The largest absolute Gasteiger partial charge is 0.466 e. The number of piperidine rings is 1. The van der Waals surface area contributed by atoms with Gasteiger partial charge in [-0.25, -0.2) is 0 Å². The minimum absolute atomic E-state index is 0. The van der Waals surface area contributed by atoms with Crippen LogP contribution in [0.15, 0.2) is 18.3 Å². The van der Waals surface area contributed by atoms with Gasteiger partial charge in [-0.05, 0) is 58.6 Å². The van der Waals surface area contributed by atoms with Gasteiger partial charge in [-0.15, -0.1) is 0 Å². The molecule has 152 valence electrons. The summed E-state index contributed by atoms with van der Waals surface area (Å²) in [6, 6.07) is 3.89. The lowest BCUT2D eigenvalue weighted by molar-refractivity contribution is -0.156. The fourth-order valence-electron chi connectivity index (χ4n) is 3.20. The third kappa shape index (κ3) is 8.20. The minimum Gasteiger partial charge on any atom is -0.466 e. The van der Waals surface area contributed by atoms with E-state index in [0.717, 1.165) is 31.6 Å². The molecule has 1 fully saturated rings. The fraction of sp³-hybridized carbons (Fsp3) is 0.650. The van der Waals surface area contributed by atoms with E-state index in [2.05, 4.69) is 9.88 Å². The molecule has 1 aromatic heterocycles. The van der Waals surface area contributed by atoms with Gasteiger partial charge in [0.25, 0.3) is 0 Å². The van der Waals surface area contributed by atoms with Gasteiger partial charge in [0.2, 0.25) is 0 Å². The maximum Gasteiger partial charge on any atom is 0.311 e. The molecule has 0 unspecified atom stereocenters. The average Bonchev–Trinajstić information content (AvgIpc) is 2.53. The van der Waals surface area contributed by atoms with Crippen molar-refractivity contribution in [1.82, 2.24) is 4.98 Å². The molecule has 27 heavy (non-hydrogen) atoms.